The fourth-order valence-corrected chi connectivity index (χ4v) is 3.83. The number of fused-ring (bicyclic) bond motifs is 2. The molecule has 1 aliphatic rings. The maximum Gasteiger partial charge on any atom is 0 e. The quantitative estimate of drug-likeness (QED) is 0.260. The molecule has 0 radical (unpaired) electrons. The van der Waals surface area contributed by atoms with Crippen LogP contribution in [-0.4, -0.2) is 0 Å². The summed E-state index contributed by atoms with van der Waals surface area (Å²) in [4.78, 5) is 0. The van der Waals surface area contributed by atoms with Crippen LogP contribution in [0.3, 0.4) is 0 Å². The van der Waals surface area contributed by atoms with E-state index in [1.807, 2.05) is 0 Å². The van der Waals surface area contributed by atoms with Gasteiger partial charge in [-0.3, -0.25) is 0 Å². The summed E-state index contributed by atoms with van der Waals surface area (Å²) in [5.74, 6) is 0. The number of aryl methyl sites for hydroxylation is 3. The SMILES string of the molecule is C[c-]1ccc2cc3c(cc21)CCC3.Cc1c(C)c(C)[c-](C)c1C.[Hf]. The van der Waals surface area contributed by atoms with Crippen LogP contribution < -0.4 is 0 Å². The van der Waals surface area contributed by atoms with E-state index in [1.54, 1.807) is 11.1 Å². The van der Waals surface area contributed by atoms with Gasteiger partial charge in [-0.1, -0.05) is 52.7 Å². The van der Waals surface area contributed by atoms with Crippen molar-refractivity contribution >= 4 is 10.8 Å². The smallest absolute Gasteiger partial charge is 0 e. The molecule has 0 aliphatic heterocycles. The first-order valence-corrected chi connectivity index (χ1v) is 8.77. The van der Waals surface area contributed by atoms with Crippen molar-refractivity contribution in [3.63, 3.8) is 0 Å². The minimum absolute atomic E-state index is 0. The Morgan fingerprint density at radius 1 is 0.833 bits per heavy atom. The first-order chi connectivity index (χ1) is 10.9. The fourth-order valence-electron chi connectivity index (χ4n) is 3.83. The van der Waals surface area contributed by atoms with Crippen molar-refractivity contribution in [2.24, 2.45) is 0 Å². The Labute approximate surface area is 165 Å². The van der Waals surface area contributed by atoms with Crippen molar-refractivity contribution in [3.05, 3.63) is 68.8 Å². The molecule has 0 spiro atoms. The normalized spacial score (nSPS) is 12.6. The van der Waals surface area contributed by atoms with Crippen LogP contribution >= 0.6 is 0 Å². The third kappa shape index (κ3) is 3.38. The Kier molecular flexibility index (Phi) is 6.07. The molecular formula is C23H28Hf-2. The Balaban J connectivity index is 0.000000173. The average Bonchev–Trinajstić information content (AvgIpc) is 3.20. The Morgan fingerprint density at radius 2 is 1.38 bits per heavy atom. The second-order valence-corrected chi connectivity index (χ2v) is 7.20. The number of rotatable bonds is 0. The molecule has 24 heavy (non-hydrogen) atoms. The van der Waals surface area contributed by atoms with Crippen molar-refractivity contribution in [3.8, 4) is 0 Å². The minimum Gasteiger partial charge on any atom is -0.196 e. The molecule has 3 aromatic carbocycles. The van der Waals surface area contributed by atoms with Gasteiger partial charge in [0.1, 0.15) is 0 Å². The molecule has 0 heterocycles. The zero-order chi connectivity index (χ0) is 16.7. The van der Waals surface area contributed by atoms with E-state index in [4.69, 9.17) is 0 Å². The molecule has 4 rings (SSSR count). The summed E-state index contributed by atoms with van der Waals surface area (Å²) in [6, 6.07) is 9.24. The van der Waals surface area contributed by atoms with E-state index in [-0.39, 0.29) is 25.8 Å². The molecule has 0 atom stereocenters. The molecule has 0 saturated heterocycles. The molecular weight excluding hydrogens is 455 g/mol. The van der Waals surface area contributed by atoms with E-state index in [9.17, 15) is 0 Å². The van der Waals surface area contributed by atoms with Gasteiger partial charge in [0.2, 0.25) is 0 Å². The first-order valence-electron chi connectivity index (χ1n) is 8.77. The summed E-state index contributed by atoms with van der Waals surface area (Å²) < 4.78 is 0. The number of hydrogen-bond acceptors (Lipinski definition) is 0. The maximum atomic E-state index is 2.40. The molecule has 0 saturated carbocycles. The van der Waals surface area contributed by atoms with Gasteiger partial charge in [-0.2, -0.15) is 39.9 Å². The standard InChI is InChI=1S/C13H13.C10H15.Hf/c1-9-5-6-12-7-10-3-2-4-11(10)8-13(9)12;1-6-7(2)9(4)10(5)8(6)3;/h5-8H,2-4H2,1H3;1-5H3;/q2*-1;. The zero-order valence-electron chi connectivity index (χ0n) is 15.9. The van der Waals surface area contributed by atoms with Crippen LogP contribution in [0, 0.1) is 41.5 Å². The molecule has 0 N–H and O–H groups in total. The largest absolute Gasteiger partial charge is 0.196 e. The van der Waals surface area contributed by atoms with E-state index >= 15 is 0 Å². The van der Waals surface area contributed by atoms with Crippen molar-refractivity contribution in [1.29, 1.82) is 0 Å². The van der Waals surface area contributed by atoms with Gasteiger partial charge in [0, 0.05) is 25.8 Å². The molecule has 1 heteroatoms. The van der Waals surface area contributed by atoms with Gasteiger partial charge in [-0.05, 0) is 19.3 Å². The van der Waals surface area contributed by atoms with E-state index in [0.717, 1.165) is 0 Å². The van der Waals surface area contributed by atoms with Crippen LogP contribution in [0.15, 0.2) is 24.3 Å². The summed E-state index contributed by atoms with van der Waals surface area (Å²) in [7, 11) is 0. The second-order valence-electron chi connectivity index (χ2n) is 7.20. The van der Waals surface area contributed by atoms with E-state index < -0.39 is 0 Å². The van der Waals surface area contributed by atoms with Gasteiger partial charge in [0.15, 0.2) is 0 Å². The number of benzene rings is 1. The molecule has 126 valence electrons. The molecule has 0 nitrogen and oxygen atoms in total. The van der Waals surface area contributed by atoms with E-state index in [2.05, 4.69) is 65.8 Å². The Morgan fingerprint density at radius 3 is 1.88 bits per heavy atom. The van der Waals surface area contributed by atoms with Gasteiger partial charge >= 0.3 is 0 Å². The topological polar surface area (TPSA) is 0 Å². The fraction of sp³-hybridized carbons (Fsp3) is 0.391. The van der Waals surface area contributed by atoms with Crippen LogP contribution in [0.5, 0.6) is 0 Å². The Bertz CT molecular complexity index is 778. The van der Waals surface area contributed by atoms with Crippen molar-refractivity contribution in [2.75, 3.05) is 0 Å². The minimum atomic E-state index is 0. The Hall–Kier alpha value is -0.950. The summed E-state index contributed by atoms with van der Waals surface area (Å²) in [6.07, 6.45) is 3.92. The van der Waals surface area contributed by atoms with Gasteiger partial charge in [0.25, 0.3) is 0 Å². The van der Waals surface area contributed by atoms with Crippen LogP contribution in [0.4, 0.5) is 0 Å². The van der Waals surface area contributed by atoms with Crippen LogP contribution in [0.1, 0.15) is 50.9 Å². The molecule has 0 amide bonds. The molecule has 1 aliphatic carbocycles. The molecule has 0 fully saturated rings. The van der Waals surface area contributed by atoms with Gasteiger partial charge < -0.3 is 0 Å². The molecule has 3 aromatic rings. The first kappa shape index (κ1) is 19.4. The zero-order valence-corrected chi connectivity index (χ0v) is 19.5. The van der Waals surface area contributed by atoms with Crippen molar-refractivity contribution in [2.45, 2.75) is 60.8 Å². The number of hydrogen-bond donors (Lipinski definition) is 0. The maximum absolute atomic E-state index is 2.40. The molecule has 0 bridgehead atoms. The third-order valence-corrected chi connectivity index (χ3v) is 6.01. The predicted octanol–water partition coefficient (Wildman–Crippen LogP) is 6.30. The summed E-state index contributed by atoms with van der Waals surface area (Å²) in [5, 5.41) is 2.89. The van der Waals surface area contributed by atoms with E-state index in [1.165, 1.54) is 63.4 Å². The molecule has 0 aromatic heterocycles. The average molecular weight is 483 g/mol. The third-order valence-electron chi connectivity index (χ3n) is 6.01. The second kappa shape index (κ2) is 7.52. The summed E-state index contributed by atoms with van der Waals surface area (Å²) >= 11 is 0. The van der Waals surface area contributed by atoms with Crippen molar-refractivity contribution < 1.29 is 25.8 Å². The van der Waals surface area contributed by atoms with Crippen LogP contribution in [0.2, 0.25) is 0 Å². The van der Waals surface area contributed by atoms with Gasteiger partial charge in [-0.15, -0.1) is 28.5 Å². The van der Waals surface area contributed by atoms with E-state index in [0.29, 0.717) is 0 Å². The van der Waals surface area contributed by atoms with Crippen molar-refractivity contribution in [1.82, 2.24) is 0 Å². The van der Waals surface area contributed by atoms with Gasteiger partial charge in [0.05, 0.1) is 0 Å². The van der Waals surface area contributed by atoms with Crippen LogP contribution in [0.25, 0.3) is 10.8 Å². The van der Waals surface area contributed by atoms with Gasteiger partial charge in [-0.25, -0.2) is 0 Å². The van der Waals surface area contributed by atoms with Crippen LogP contribution in [-0.2, 0) is 38.7 Å². The molecule has 0 unspecified atom stereocenters. The summed E-state index contributed by atoms with van der Waals surface area (Å²) in [5.41, 5.74) is 11.9. The monoisotopic (exact) mass is 484 g/mol. The predicted molar refractivity (Wildman–Crippen MR) is 102 cm³/mol. The summed E-state index contributed by atoms with van der Waals surface area (Å²) in [6.45, 7) is 13.2.